The van der Waals surface area contributed by atoms with Crippen LogP contribution in [0.3, 0.4) is 0 Å². The number of benzene rings is 1. The maximum absolute atomic E-state index is 12.3. The second kappa shape index (κ2) is 4.79. The number of aryl methyl sites for hydroxylation is 1. The van der Waals surface area contributed by atoms with Crippen molar-refractivity contribution < 1.29 is 17.9 Å². The van der Waals surface area contributed by atoms with Crippen LogP contribution in [0.4, 0.5) is 13.2 Å². The van der Waals surface area contributed by atoms with Gasteiger partial charge in [-0.3, -0.25) is 4.68 Å². The molecule has 18 heavy (non-hydrogen) atoms. The molecule has 0 aliphatic rings. The molecule has 0 radical (unpaired) electrons. The number of hydrogen-bond acceptors (Lipinski definition) is 2. The molecule has 7 heteroatoms. The fourth-order valence-corrected chi connectivity index (χ4v) is 2.35. The Morgan fingerprint density at radius 2 is 1.94 bits per heavy atom. The minimum Gasteiger partial charge on any atom is -0.405 e. The van der Waals surface area contributed by atoms with Crippen molar-refractivity contribution >= 4 is 22.6 Å². The average molecular weight is 368 g/mol. The third kappa shape index (κ3) is 2.77. The molecule has 1 aromatic heterocycles. The largest absolute Gasteiger partial charge is 0.573 e. The van der Waals surface area contributed by atoms with Crippen LogP contribution in [0.1, 0.15) is 0 Å². The zero-order chi connectivity index (χ0) is 13.3. The van der Waals surface area contributed by atoms with Gasteiger partial charge < -0.3 is 4.74 Å². The fourth-order valence-electron chi connectivity index (χ4n) is 1.59. The summed E-state index contributed by atoms with van der Waals surface area (Å²) in [5.74, 6) is -0.230. The van der Waals surface area contributed by atoms with Crippen molar-refractivity contribution in [3.63, 3.8) is 0 Å². The van der Waals surface area contributed by atoms with Crippen LogP contribution >= 0.6 is 22.6 Å². The minimum absolute atomic E-state index is 0.230. The van der Waals surface area contributed by atoms with Gasteiger partial charge >= 0.3 is 6.36 Å². The van der Waals surface area contributed by atoms with E-state index in [0.717, 1.165) is 3.57 Å². The molecule has 0 N–H and O–H groups in total. The van der Waals surface area contributed by atoms with Gasteiger partial charge in [0, 0.05) is 12.6 Å². The number of nitrogens with zero attached hydrogens (tertiary/aromatic N) is 2. The highest BCUT2D eigenvalue weighted by Crippen LogP contribution is 2.35. The van der Waals surface area contributed by atoms with E-state index >= 15 is 0 Å². The SMILES string of the molecule is Cn1ncc(I)c1-c1ccccc1OC(F)(F)F. The van der Waals surface area contributed by atoms with Gasteiger partial charge in [0.15, 0.2) is 0 Å². The summed E-state index contributed by atoms with van der Waals surface area (Å²) in [5.41, 5.74) is 0.953. The van der Waals surface area contributed by atoms with Crippen LogP contribution in [-0.4, -0.2) is 16.1 Å². The van der Waals surface area contributed by atoms with Gasteiger partial charge in [-0.05, 0) is 34.7 Å². The first-order valence-electron chi connectivity index (χ1n) is 4.91. The summed E-state index contributed by atoms with van der Waals surface area (Å²) >= 11 is 2.02. The molecule has 0 aliphatic heterocycles. The molecule has 0 unspecified atom stereocenters. The fraction of sp³-hybridized carbons (Fsp3) is 0.182. The van der Waals surface area contributed by atoms with Crippen molar-refractivity contribution in [2.45, 2.75) is 6.36 Å². The monoisotopic (exact) mass is 368 g/mol. The molecular formula is C11H8F3IN2O. The van der Waals surface area contributed by atoms with Crippen molar-refractivity contribution in [3.05, 3.63) is 34.0 Å². The lowest BCUT2D eigenvalue weighted by atomic mass is 10.1. The van der Waals surface area contributed by atoms with E-state index in [1.165, 1.54) is 16.8 Å². The lowest BCUT2D eigenvalue weighted by Gasteiger charge is -2.13. The van der Waals surface area contributed by atoms with E-state index in [1.54, 1.807) is 25.4 Å². The van der Waals surface area contributed by atoms with Crippen LogP contribution in [0.2, 0.25) is 0 Å². The average Bonchev–Trinajstić information content (AvgIpc) is 2.58. The quantitative estimate of drug-likeness (QED) is 0.758. The van der Waals surface area contributed by atoms with E-state index in [9.17, 15) is 13.2 Å². The lowest BCUT2D eigenvalue weighted by Crippen LogP contribution is -2.17. The first-order chi connectivity index (χ1) is 8.38. The van der Waals surface area contributed by atoms with Gasteiger partial charge in [0.25, 0.3) is 0 Å². The molecule has 0 bridgehead atoms. The Morgan fingerprint density at radius 3 is 2.50 bits per heavy atom. The highest BCUT2D eigenvalue weighted by molar-refractivity contribution is 14.1. The van der Waals surface area contributed by atoms with Crippen molar-refractivity contribution in [3.8, 4) is 17.0 Å². The van der Waals surface area contributed by atoms with Gasteiger partial charge in [-0.1, -0.05) is 12.1 Å². The molecule has 96 valence electrons. The lowest BCUT2D eigenvalue weighted by molar-refractivity contribution is -0.274. The van der Waals surface area contributed by atoms with E-state index < -0.39 is 6.36 Å². The maximum atomic E-state index is 12.3. The number of ether oxygens (including phenoxy) is 1. The van der Waals surface area contributed by atoms with Crippen LogP contribution in [-0.2, 0) is 7.05 Å². The molecule has 0 saturated carbocycles. The van der Waals surface area contributed by atoms with Crippen molar-refractivity contribution in [2.24, 2.45) is 7.05 Å². The van der Waals surface area contributed by atoms with Crippen molar-refractivity contribution in [1.29, 1.82) is 0 Å². The summed E-state index contributed by atoms with van der Waals surface area (Å²) in [4.78, 5) is 0. The number of alkyl halides is 3. The Morgan fingerprint density at radius 1 is 1.28 bits per heavy atom. The number of aromatic nitrogens is 2. The molecule has 2 rings (SSSR count). The Kier molecular flexibility index (Phi) is 3.51. The van der Waals surface area contributed by atoms with Crippen LogP contribution in [0, 0.1) is 3.57 Å². The Labute approximate surface area is 115 Å². The maximum Gasteiger partial charge on any atom is 0.573 e. The zero-order valence-electron chi connectivity index (χ0n) is 9.20. The molecule has 1 aromatic carbocycles. The van der Waals surface area contributed by atoms with Crippen LogP contribution in [0.25, 0.3) is 11.3 Å². The Balaban J connectivity index is 2.52. The van der Waals surface area contributed by atoms with Gasteiger partial charge in [0.1, 0.15) is 5.75 Å². The first-order valence-corrected chi connectivity index (χ1v) is 5.99. The molecule has 1 heterocycles. The molecule has 2 aromatic rings. The van der Waals surface area contributed by atoms with Crippen LogP contribution in [0.15, 0.2) is 30.5 Å². The molecule has 0 atom stereocenters. The van der Waals surface area contributed by atoms with E-state index in [-0.39, 0.29) is 5.75 Å². The molecule has 0 fully saturated rings. The van der Waals surface area contributed by atoms with Gasteiger partial charge in [-0.15, -0.1) is 13.2 Å². The second-order valence-electron chi connectivity index (χ2n) is 3.51. The topological polar surface area (TPSA) is 27.1 Å². The summed E-state index contributed by atoms with van der Waals surface area (Å²) < 4.78 is 43.2. The van der Waals surface area contributed by atoms with Crippen LogP contribution < -0.4 is 4.74 Å². The molecular weight excluding hydrogens is 360 g/mol. The molecule has 3 nitrogen and oxygen atoms in total. The van der Waals surface area contributed by atoms with Gasteiger partial charge in [0.2, 0.25) is 0 Å². The summed E-state index contributed by atoms with van der Waals surface area (Å²) in [7, 11) is 1.67. The minimum atomic E-state index is -4.71. The summed E-state index contributed by atoms with van der Waals surface area (Å²) in [6, 6.07) is 6.00. The van der Waals surface area contributed by atoms with E-state index in [4.69, 9.17) is 0 Å². The molecule has 0 aliphatic carbocycles. The molecule has 0 spiro atoms. The second-order valence-corrected chi connectivity index (χ2v) is 4.67. The third-order valence-electron chi connectivity index (χ3n) is 2.26. The predicted octanol–water partition coefficient (Wildman–Crippen LogP) is 3.59. The van der Waals surface area contributed by atoms with Crippen LogP contribution in [0.5, 0.6) is 5.75 Å². The van der Waals surface area contributed by atoms with Crippen molar-refractivity contribution in [1.82, 2.24) is 9.78 Å². The van der Waals surface area contributed by atoms with Gasteiger partial charge in [-0.25, -0.2) is 0 Å². The Bertz CT molecular complexity index is 546. The number of halogens is 4. The summed E-state index contributed by atoms with van der Waals surface area (Å²) in [5, 5.41) is 4.00. The summed E-state index contributed by atoms with van der Waals surface area (Å²) in [6.45, 7) is 0. The smallest absolute Gasteiger partial charge is 0.405 e. The van der Waals surface area contributed by atoms with E-state index in [2.05, 4.69) is 9.84 Å². The highest BCUT2D eigenvalue weighted by atomic mass is 127. The van der Waals surface area contributed by atoms with Gasteiger partial charge in [0.05, 0.1) is 15.5 Å². The normalized spacial score (nSPS) is 11.6. The highest BCUT2D eigenvalue weighted by Gasteiger charge is 2.32. The van der Waals surface area contributed by atoms with Gasteiger partial charge in [-0.2, -0.15) is 5.10 Å². The van der Waals surface area contributed by atoms with Crippen molar-refractivity contribution in [2.75, 3.05) is 0 Å². The predicted molar refractivity (Wildman–Crippen MR) is 68.0 cm³/mol. The number of hydrogen-bond donors (Lipinski definition) is 0. The summed E-state index contributed by atoms with van der Waals surface area (Å²) in [6.07, 6.45) is -3.12. The molecule has 0 saturated heterocycles. The Hall–Kier alpha value is -1.25. The van der Waals surface area contributed by atoms with E-state index in [0.29, 0.717) is 11.3 Å². The number of rotatable bonds is 2. The zero-order valence-corrected chi connectivity index (χ0v) is 11.4. The third-order valence-corrected chi connectivity index (χ3v) is 3.05. The standard InChI is InChI=1S/C11H8F3IN2O/c1-17-10(8(15)6-16-17)7-4-2-3-5-9(7)18-11(12,13)14/h2-6H,1H3. The first kappa shape index (κ1) is 13.2. The van der Waals surface area contributed by atoms with E-state index in [1.807, 2.05) is 22.6 Å². The molecule has 0 amide bonds. The number of para-hydroxylation sites is 1.